The fourth-order valence-corrected chi connectivity index (χ4v) is 3.58. The van der Waals surface area contributed by atoms with Crippen LogP contribution in [0.25, 0.3) is 0 Å². The monoisotopic (exact) mass is 329 g/mol. The van der Waals surface area contributed by atoms with E-state index in [1.165, 1.54) is 0 Å². The maximum Gasteiger partial charge on any atom is 0.319 e. The third-order valence-corrected chi connectivity index (χ3v) is 5.31. The Balaban J connectivity index is 1.99. The van der Waals surface area contributed by atoms with Gasteiger partial charge in [0.15, 0.2) is 0 Å². The molecule has 1 aromatic rings. The van der Waals surface area contributed by atoms with E-state index in [2.05, 4.69) is 16.7 Å². The summed E-state index contributed by atoms with van der Waals surface area (Å²) < 4.78 is 0. The first-order valence-electron chi connectivity index (χ1n) is 7.98. The van der Waals surface area contributed by atoms with Gasteiger partial charge in [0.05, 0.1) is 17.6 Å². The number of carboxylic acids is 1. The molecule has 0 saturated heterocycles. The van der Waals surface area contributed by atoms with Crippen LogP contribution in [0, 0.1) is 35.5 Å². The van der Waals surface area contributed by atoms with E-state index in [-0.39, 0.29) is 29.3 Å². The Labute approximate surface area is 141 Å². The summed E-state index contributed by atoms with van der Waals surface area (Å²) >= 11 is 0. The fourth-order valence-electron chi connectivity index (χ4n) is 3.58. The number of carboxylic acid groups (broad SMARTS) is 1. The van der Waals surface area contributed by atoms with Crippen LogP contribution in [0.2, 0.25) is 0 Å². The van der Waals surface area contributed by atoms with Crippen LogP contribution in [0.4, 0.5) is 10.5 Å². The van der Waals surface area contributed by atoms with Crippen LogP contribution in [-0.2, 0) is 4.79 Å². The first-order chi connectivity index (χ1) is 11.2. The SMILES string of the molecule is Cc1c(C#N)cccc1NC(=O)NC(C)[C@@H]1C[C@H](C(=O)O)C1(C)C. The molecule has 1 saturated carbocycles. The van der Waals surface area contributed by atoms with Gasteiger partial charge in [-0.05, 0) is 49.3 Å². The van der Waals surface area contributed by atoms with Gasteiger partial charge in [0, 0.05) is 11.7 Å². The number of nitriles is 1. The number of nitrogens with one attached hydrogen (secondary N) is 2. The molecule has 0 aromatic heterocycles. The molecule has 6 heteroatoms. The van der Waals surface area contributed by atoms with Crippen LogP contribution in [0.1, 0.15) is 38.3 Å². The summed E-state index contributed by atoms with van der Waals surface area (Å²) in [5, 5.41) is 23.9. The van der Waals surface area contributed by atoms with E-state index in [9.17, 15) is 14.7 Å². The van der Waals surface area contributed by atoms with Gasteiger partial charge < -0.3 is 15.7 Å². The number of urea groups is 1. The molecular formula is C18H23N3O3. The molecule has 1 unspecified atom stereocenters. The Morgan fingerprint density at radius 1 is 1.42 bits per heavy atom. The molecule has 0 spiro atoms. The van der Waals surface area contributed by atoms with E-state index in [1.807, 2.05) is 20.8 Å². The second-order valence-electron chi connectivity index (χ2n) is 7.03. The molecule has 0 bridgehead atoms. The Morgan fingerprint density at radius 3 is 2.62 bits per heavy atom. The molecule has 1 fully saturated rings. The highest BCUT2D eigenvalue weighted by atomic mass is 16.4. The molecule has 2 rings (SSSR count). The molecule has 0 heterocycles. The van der Waals surface area contributed by atoms with Crippen molar-refractivity contribution in [2.45, 2.75) is 40.2 Å². The van der Waals surface area contributed by atoms with Crippen LogP contribution in [0.5, 0.6) is 0 Å². The number of hydrogen-bond acceptors (Lipinski definition) is 3. The highest BCUT2D eigenvalue weighted by molar-refractivity contribution is 5.90. The topological polar surface area (TPSA) is 102 Å². The van der Waals surface area contributed by atoms with Crippen molar-refractivity contribution in [3.05, 3.63) is 29.3 Å². The molecular weight excluding hydrogens is 306 g/mol. The van der Waals surface area contributed by atoms with E-state index in [0.29, 0.717) is 17.7 Å². The summed E-state index contributed by atoms with van der Waals surface area (Å²) in [4.78, 5) is 23.4. The van der Waals surface area contributed by atoms with Gasteiger partial charge in [-0.1, -0.05) is 19.9 Å². The van der Waals surface area contributed by atoms with E-state index in [4.69, 9.17) is 5.26 Å². The summed E-state index contributed by atoms with van der Waals surface area (Å²) in [5.74, 6) is -1.04. The largest absolute Gasteiger partial charge is 0.481 e. The van der Waals surface area contributed by atoms with Gasteiger partial charge in [-0.3, -0.25) is 4.79 Å². The van der Waals surface area contributed by atoms with Crippen molar-refractivity contribution in [2.75, 3.05) is 5.32 Å². The summed E-state index contributed by atoms with van der Waals surface area (Å²) in [6.07, 6.45) is 0.562. The number of nitrogens with zero attached hydrogens (tertiary/aromatic N) is 1. The van der Waals surface area contributed by atoms with Crippen LogP contribution < -0.4 is 10.6 Å². The Hall–Kier alpha value is -2.55. The molecule has 3 atom stereocenters. The number of aliphatic carboxylic acids is 1. The van der Waals surface area contributed by atoms with Gasteiger partial charge in [-0.2, -0.15) is 5.26 Å². The van der Waals surface area contributed by atoms with Crippen molar-refractivity contribution >= 4 is 17.7 Å². The number of carbonyl (C=O) groups excluding carboxylic acids is 1. The second-order valence-corrected chi connectivity index (χ2v) is 7.03. The Morgan fingerprint density at radius 2 is 2.08 bits per heavy atom. The maximum absolute atomic E-state index is 12.2. The number of anilines is 1. The number of benzene rings is 1. The lowest BCUT2D eigenvalue weighted by atomic mass is 9.53. The molecule has 3 N–H and O–H groups in total. The van der Waals surface area contributed by atoms with Gasteiger partial charge in [-0.25, -0.2) is 4.79 Å². The zero-order valence-electron chi connectivity index (χ0n) is 14.4. The second kappa shape index (κ2) is 6.52. The lowest BCUT2D eigenvalue weighted by molar-refractivity contribution is -0.160. The van der Waals surface area contributed by atoms with Gasteiger partial charge >= 0.3 is 12.0 Å². The minimum absolute atomic E-state index is 0.107. The van der Waals surface area contributed by atoms with Gasteiger partial charge in [0.25, 0.3) is 0 Å². The quantitative estimate of drug-likeness (QED) is 0.789. The molecule has 0 aliphatic heterocycles. The summed E-state index contributed by atoms with van der Waals surface area (Å²) in [6.45, 7) is 7.53. The normalized spacial score (nSPS) is 22.6. The summed E-state index contributed by atoms with van der Waals surface area (Å²) in [5.41, 5.74) is 1.48. The van der Waals surface area contributed by atoms with Crippen molar-refractivity contribution in [3.8, 4) is 6.07 Å². The van der Waals surface area contributed by atoms with E-state index in [0.717, 1.165) is 5.56 Å². The lowest BCUT2D eigenvalue weighted by Gasteiger charge is -2.52. The smallest absolute Gasteiger partial charge is 0.319 e. The van der Waals surface area contributed by atoms with E-state index < -0.39 is 5.97 Å². The molecule has 2 amide bonds. The third kappa shape index (κ3) is 3.21. The van der Waals surface area contributed by atoms with Crippen molar-refractivity contribution < 1.29 is 14.7 Å². The molecule has 1 aliphatic rings. The highest BCUT2D eigenvalue weighted by Gasteiger charge is 2.53. The number of rotatable bonds is 4. The minimum Gasteiger partial charge on any atom is -0.481 e. The van der Waals surface area contributed by atoms with Crippen LogP contribution in [-0.4, -0.2) is 23.1 Å². The zero-order valence-corrected chi connectivity index (χ0v) is 14.4. The van der Waals surface area contributed by atoms with Crippen LogP contribution in [0.3, 0.4) is 0 Å². The highest BCUT2D eigenvalue weighted by Crippen LogP contribution is 2.52. The Kier molecular flexibility index (Phi) is 4.83. The first-order valence-corrected chi connectivity index (χ1v) is 7.98. The molecule has 1 aromatic carbocycles. The molecule has 128 valence electrons. The predicted molar refractivity (Wildman–Crippen MR) is 90.5 cm³/mol. The number of hydrogen-bond donors (Lipinski definition) is 3. The van der Waals surface area contributed by atoms with E-state index in [1.54, 1.807) is 25.1 Å². The summed E-state index contributed by atoms with van der Waals surface area (Å²) in [7, 11) is 0. The number of amides is 2. The standard InChI is InChI=1S/C18H23N3O3/c1-10-12(9-19)6-5-7-15(10)21-17(24)20-11(2)13-8-14(16(22)23)18(13,3)4/h5-7,11,13-14H,8H2,1-4H3,(H,22,23)(H2,20,21,24)/t11?,13-,14+/m0/s1. The van der Waals surface area contributed by atoms with Crippen LogP contribution >= 0.6 is 0 Å². The fraction of sp³-hybridized carbons (Fsp3) is 0.500. The maximum atomic E-state index is 12.2. The average molecular weight is 329 g/mol. The molecule has 0 radical (unpaired) electrons. The van der Waals surface area contributed by atoms with Gasteiger partial charge in [0.2, 0.25) is 0 Å². The first kappa shape index (κ1) is 17.8. The van der Waals surface area contributed by atoms with E-state index >= 15 is 0 Å². The molecule has 24 heavy (non-hydrogen) atoms. The van der Waals surface area contributed by atoms with Crippen molar-refractivity contribution in [1.82, 2.24) is 5.32 Å². The van der Waals surface area contributed by atoms with Crippen LogP contribution in [0.15, 0.2) is 18.2 Å². The van der Waals surface area contributed by atoms with Crippen molar-refractivity contribution in [1.29, 1.82) is 5.26 Å². The Bertz CT molecular complexity index is 706. The minimum atomic E-state index is -0.781. The molecule has 1 aliphatic carbocycles. The van der Waals surface area contributed by atoms with Gasteiger partial charge in [-0.15, -0.1) is 0 Å². The average Bonchev–Trinajstić information content (AvgIpc) is 2.47. The van der Waals surface area contributed by atoms with Crippen molar-refractivity contribution in [2.24, 2.45) is 17.3 Å². The lowest BCUT2D eigenvalue weighted by Crippen LogP contribution is -2.57. The van der Waals surface area contributed by atoms with Gasteiger partial charge in [0.1, 0.15) is 0 Å². The summed E-state index contributed by atoms with van der Waals surface area (Å²) in [6, 6.07) is 6.75. The number of carbonyl (C=O) groups is 2. The predicted octanol–water partition coefficient (Wildman–Crippen LogP) is 3.12. The zero-order chi connectivity index (χ0) is 18.1. The molecule has 6 nitrogen and oxygen atoms in total. The third-order valence-electron chi connectivity index (χ3n) is 5.31. The van der Waals surface area contributed by atoms with Crippen molar-refractivity contribution in [3.63, 3.8) is 0 Å².